The molecule has 5 nitrogen and oxygen atoms in total. The van der Waals surface area contributed by atoms with Crippen LogP contribution in [0.4, 0.5) is 0 Å². The van der Waals surface area contributed by atoms with Gasteiger partial charge in [-0.1, -0.05) is 6.42 Å². The Morgan fingerprint density at radius 3 is 2.90 bits per heavy atom. The molecule has 0 bridgehead atoms. The molecule has 2 atom stereocenters. The zero-order valence-electron chi connectivity index (χ0n) is 11.0. The Bertz CT molecular complexity index is 581. The summed E-state index contributed by atoms with van der Waals surface area (Å²) < 4.78 is 27.3. The molecule has 1 aromatic heterocycles. The van der Waals surface area contributed by atoms with Crippen molar-refractivity contribution >= 4 is 39.1 Å². The standard InChI is InChI=1S/C12H17NO4S3/c1-18-9-4-2-3-8(7-9)13-20(16,17)10-5-6-19-11(10)12(14)15/h5-6,8-9,13H,2-4,7H2,1H3,(H,14,15). The number of sulfonamides is 1. The summed E-state index contributed by atoms with van der Waals surface area (Å²) in [5.41, 5.74) is 0. The zero-order valence-corrected chi connectivity index (χ0v) is 13.5. The van der Waals surface area contributed by atoms with Gasteiger partial charge in [0.05, 0.1) is 0 Å². The number of hydrogen-bond acceptors (Lipinski definition) is 5. The van der Waals surface area contributed by atoms with Gasteiger partial charge >= 0.3 is 5.97 Å². The SMILES string of the molecule is CSC1CCCC(NS(=O)(=O)c2ccsc2C(=O)O)C1. The molecule has 0 radical (unpaired) electrons. The van der Waals surface area contributed by atoms with Crippen molar-refractivity contribution in [3.05, 3.63) is 16.3 Å². The quantitative estimate of drug-likeness (QED) is 0.863. The van der Waals surface area contributed by atoms with Gasteiger partial charge in [-0.05, 0) is 37.0 Å². The fourth-order valence-corrected chi connectivity index (χ4v) is 5.78. The Hall–Kier alpha value is -0.570. The Balaban J connectivity index is 2.15. The first-order valence-electron chi connectivity index (χ1n) is 6.30. The topological polar surface area (TPSA) is 83.5 Å². The van der Waals surface area contributed by atoms with Gasteiger partial charge in [-0.2, -0.15) is 11.8 Å². The van der Waals surface area contributed by atoms with Gasteiger partial charge in [-0.15, -0.1) is 11.3 Å². The van der Waals surface area contributed by atoms with Crippen LogP contribution in [0.15, 0.2) is 16.3 Å². The number of nitrogens with one attached hydrogen (secondary N) is 1. The second kappa shape index (κ2) is 6.46. The number of thiophene rings is 1. The second-order valence-corrected chi connectivity index (χ2v) is 8.50. The highest BCUT2D eigenvalue weighted by atomic mass is 32.2. The Labute approximate surface area is 126 Å². The van der Waals surface area contributed by atoms with Crippen LogP contribution in [0.5, 0.6) is 0 Å². The molecule has 20 heavy (non-hydrogen) atoms. The lowest BCUT2D eigenvalue weighted by Crippen LogP contribution is -2.39. The number of aromatic carboxylic acids is 1. The summed E-state index contributed by atoms with van der Waals surface area (Å²) in [6.07, 6.45) is 5.74. The van der Waals surface area contributed by atoms with Gasteiger partial charge in [0.2, 0.25) is 10.0 Å². The summed E-state index contributed by atoms with van der Waals surface area (Å²) in [4.78, 5) is 10.8. The molecule has 1 heterocycles. The van der Waals surface area contributed by atoms with Crippen LogP contribution in [0.1, 0.15) is 35.4 Å². The summed E-state index contributed by atoms with van der Waals surface area (Å²) >= 11 is 2.68. The van der Waals surface area contributed by atoms with Crippen molar-refractivity contribution in [3.8, 4) is 0 Å². The third-order valence-corrected chi connectivity index (χ3v) is 7.08. The van der Waals surface area contributed by atoms with E-state index in [4.69, 9.17) is 5.11 Å². The molecular formula is C12H17NO4S3. The lowest BCUT2D eigenvalue weighted by Gasteiger charge is -2.28. The summed E-state index contributed by atoms with van der Waals surface area (Å²) in [5, 5.41) is 11.0. The maximum atomic E-state index is 12.3. The third kappa shape index (κ3) is 3.55. The van der Waals surface area contributed by atoms with Crippen molar-refractivity contribution in [2.24, 2.45) is 0 Å². The molecule has 0 amide bonds. The molecule has 8 heteroatoms. The number of carboxylic acids is 1. The third-order valence-electron chi connectivity index (χ3n) is 3.39. The molecule has 0 aromatic carbocycles. The minimum absolute atomic E-state index is 0.104. The van der Waals surface area contributed by atoms with Gasteiger partial charge in [0.15, 0.2) is 0 Å². The molecule has 112 valence electrons. The monoisotopic (exact) mass is 335 g/mol. The fourth-order valence-electron chi connectivity index (χ4n) is 2.41. The van der Waals surface area contributed by atoms with Crippen LogP contribution in [-0.2, 0) is 10.0 Å². The first-order valence-corrected chi connectivity index (χ1v) is 9.95. The smallest absolute Gasteiger partial charge is 0.347 e. The van der Waals surface area contributed by atoms with E-state index in [0.717, 1.165) is 37.0 Å². The zero-order chi connectivity index (χ0) is 14.8. The van der Waals surface area contributed by atoms with Crippen molar-refractivity contribution < 1.29 is 18.3 Å². The lowest BCUT2D eigenvalue weighted by atomic mass is 9.96. The Kier molecular flexibility index (Phi) is 5.11. The van der Waals surface area contributed by atoms with E-state index in [-0.39, 0.29) is 15.8 Å². The number of rotatable bonds is 5. The molecule has 1 fully saturated rings. The molecule has 1 saturated carbocycles. The van der Waals surface area contributed by atoms with Crippen LogP contribution in [-0.4, -0.2) is 37.0 Å². The molecule has 1 aliphatic carbocycles. The van der Waals surface area contributed by atoms with E-state index in [0.29, 0.717) is 5.25 Å². The predicted octanol–water partition coefficient (Wildman–Crippen LogP) is 2.40. The van der Waals surface area contributed by atoms with Crippen LogP contribution >= 0.6 is 23.1 Å². The average molecular weight is 335 g/mol. The molecular weight excluding hydrogens is 318 g/mol. The van der Waals surface area contributed by atoms with Crippen molar-refractivity contribution in [2.75, 3.05) is 6.26 Å². The molecule has 2 N–H and O–H groups in total. The minimum Gasteiger partial charge on any atom is -0.477 e. The number of carbonyl (C=O) groups is 1. The van der Waals surface area contributed by atoms with Crippen LogP contribution in [0.3, 0.4) is 0 Å². The minimum atomic E-state index is -3.75. The van der Waals surface area contributed by atoms with Gasteiger partial charge in [0.1, 0.15) is 9.77 Å². The predicted molar refractivity (Wildman–Crippen MR) is 81.2 cm³/mol. The molecule has 0 spiro atoms. The van der Waals surface area contributed by atoms with Crippen LogP contribution in [0, 0.1) is 0 Å². The molecule has 0 aliphatic heterocycles. The number of carboxylic acid groups (broad SMARTS) is 1. The number of thioether (sulfide) groups is 1. The molecule has 1 aliphatic rings. The highest BCUT2D eigenvalue weighted by Gasteiger charge is 2.29. The summed E-state index contributed by atoms with van der Waals surface area (Å²) in [6, 6.07) is 1.25. The first kappa shape index (κ1) is 15.8. The Morgan fingerprint density at radius 1 is 1.50 bits per heavy atom. The average Bonchev–Trinajstić information content (AvgIpc) is 2.88. The van der Waals surface area contributed by atoms with E-state index in [2.05, 4.69) is 4.72 Å². The van der Waals surface area contributed by atoms with Crippen molar-refractivity contribution in [1.29, 1.82) is 0 Å². The highest BCUT2D eigenvalue weighted by molar-refractivity contribution is 7.99. The summed E-state index contributed by atoms with van der Waals surface area (Å²) in [5.74, 6) is -1.20. The van der Waals surface area contributed by atoms with Crippen LogP contribution < -0.4 is 4.72 Å². The summed E-state index contributed by atoms with van der Waals surface area (Å²) in [6.45, 7) is 0. The van der Waals surface area contributed by atoms with E-state index in [1.165, 1.54) is 11.4 Å². The van der Waals surface area contributed by atoms with E-state index in [9.17, 15) is 13.2 Å². The van der Waals surface area contributed by atoms with Gasteiger partial charge in [-0.3, -0.25) is 0 Å². The maximum Gasteiger partial charge on any atom is 0.347 e. The molecule has 2 rings (SSSR count). The maximum absolute atomic E-state index is 12.3. The molecule has 0 saturated heterocycles. The van der Waals surface area contributed by atoms with E-state index >= 15 is 0 Å². The van der Waals surface area contributed by atoms with Crippen LogP contribution in [0.2, 0.25) is 0 Å². The lowest BCUT2D eigenvalue weighted by molar-refractivity contribution is 0.0698. The largest absolute Gasteiger partial charge is 0.477 e. The van der Waals surface area contributed by atoms with E-state index < -0.39 is 16.0 Å². The van der Waals surface area contributed by atoms with Gasteiger partial charge in [-0.25, -0.2) is 17.9 Å². The van der Waals surface area contributed by atoms with Crippen molar-refractivity contribution in [2.45, 2.75) is 41.9 Å². The molecule has 1 aromatic rings. The molecule has 2 unspecified atom stereocenters. The van der Waals surface area contributed by atoms with Crippen LogP contribution in [0.25, 0.3) is 0 Å². The van der Waals surface area contributed by atoms with Crippen molar-refractivity contribution in [1.82, 2.24) is 4.72 Å². The highest BCUT2D eigenvalue weighted by Crippen LogP contribution is 2.29. The van der Waals surface area contributed by atoms with Gasteiger partial charge in [0.25, 0.3) is 0 Å². The Morgan fingerprint density at radius 2 is 2.25 bits per heavy atom. The van der Waals surface area contributed by atoms with Gasteiger partial charge in [0, 0.05) is 11.3 Å². The van der Waals surface area contributed by atoms with E-state index in [1.54, 1.807) is 11.8 Å². The second-order valence-electron chi connectivity index (χ2n) is 4.76. The first-order chi connectivity index (χ1) is 9.44. The van der Waals surface area contributed by atoms with E-state index in [1.807, 2.05) is 6.26 Å². The van der Waals surface area contributed by atoms with Gasteiger partial charge < -0.3 is 5.11 Å². The summed E-state index contributed by atoms with van der Waals surface area (Å²) in [7, 11) is -3.75. The normalized spacial score (nSPS) is 23.6. The fraction of sp³-hybridized carbons (Fsp3) is 0.583. The van der Waals surface area contributed by atoms with Crippen molar-refractivity contribution in [3.63, 3.8) is 0 Å². The number of hydrogen-bond donors (Lipinski definition) is 2.